The number of tetrazole rings is 1. The van der Waals surface area contributed by atoms with E-state index < -0.39 is 0 Å². The Hall–Kier alpha value is -3.33. The highest BCUT2D eigenvalue weighted by molar-refractivity contribution is 7.98. The van der Waals surface area contributed by atoms with Crippen LogP contribution in [0.25, 0.3) is 22.2 Å². The monoisotopic (exact) mass is 374 g/mol. The Bertz CT molecular complexity index is 1240. The quantitative estimate of drug-likeness (QED) is 0.353. The first-order valence-electron chi connectivity index (χ1n) is 8.37. The van der Waals surface area contributed by atoms with E-state index in [-0.39, 0.29) is 0 Å². The lowest BCUT2D eigenvalue weighted by Gasteiger charge is -2.06. The summed E-state index contributed by atoms with van der Waals surface area (Å²) in [6, 6.07) is 17.8. The molecule has 0 bridgehead atoms. The molecule has 0 N–H and O–H groups in total. The maximum absolute atomic E-state index is 4.76. The van der Waals surface area contributed by atoms with Crippen LogP contribution in [0.15, 0.2) is 59.8 Å². The Morgan fingerprint density at radius 3 is 2.67 bits per heavy atom. The zero-order valence-electron chi connectivity index (χ0n) is 14.4. The van der Waals surface area contributed by atoms with Crippen LogP contribution in [0, 0.1) is 6.92 Å². The molecule has 0 fully saturated rings. The average Bonchev–Trinajstić information content (AvgIpc) is 3.33. The maximum Gasteiger partial charge on any atom is 0.192 e. The van der Waals surface area contributed by atoms with Crippen molar-refractivity contribution < 1.29 is 0 Å². The van der Waals surface area contributed by atoms with Crippen molar-refractivity contribution in [2.45, 2.75) is 17.8 Å². The van der Waals surface area contributed by atoms with Crippen molar-refractivity contribution in [1.82, 2.24) is 39.8 Å². The van der Waals surface area contributed by atoms with Crippen molar-refractivity contribution in [1.29, 1.82) is 0 Å². The van der Waals surface area contributed by atoms with E-state index in [0.29, 0.717) is 11.6 Å². The van der Waals surface area contributed by atoms with Gasteiger partial charge >= 0.3 is 0 Å². The summed E-state index contributed by atoms with van der Waals surface area (Å²) < 4.78 is 3.52. The molecule has 0 aliphatic carbocycles. The fourth-order valence-corrected chi connectivity index (χ4v) is 3.77. The Kier molecular flexibility index (Phi) is 3.79. The third kappa shape index (κ3) is 2.81. The van der Waals surface area contributed by atoms with E-state index in [1.807, 2.05) is 61.5 Å². The lowest BCUT2D eigenvalue weighted by atomic mass is 10.2. The van der Waals surface area contributed by atoms with Gasteiger partial charge in [-0.2, -0.15) is 9.20 Å². The third-order valence-electron chi connectivity index (χ3n) is 4.12. The zero-order valence-corrected chi connectivity index (χ0v) is 15.2. The molecule has 0 atom stereocenters. The molecule has 0 spiro atoms. The van der Waals surface area contributed by atoms with Gasteiger partial charge in [-0.1, -0.05) is 42.1 Å². The summed E-state index contributed by atoms with van der Waals surface area (Å²) in [4.78, 5) is 9.33. The number of thioether (sulfide) groups is 1. The van der Waals surface area contributed by atoms with E-state index >= 15 is 0 Å². The van der Waals surface area contributed by atoms with Gasteiger partial charge in [-0.15, -0.1) is 10.2 Å². The van der Waals surface area contributed by atoms with E-state index in [9.17, 15) is 0 Å². The van der Waals surface area contributed by atoms with Gasteiger partial charge in [0, 0.05) is 5.39 Å². The predicted octanol–water partition coefficient (Wildman–Crippen LogP) is 2.85. The van der Waals surface area contributed by atoms with E-state index in [1.165, 1.54) is 11.8 Å². The van der Waals surface area contributed by atoms with Crippen LogP contribution in [-0.4, -0.2) is 39.8 Å². The summed E-state index contributed by atoms with van der Waals surface area (Å²) in [6.45, 7) is 1.88. The first-order chi connectivity index (χ1) is 13.3. The van der Waals surface area contributed by atoms with Crippen LogP contribution in [0.2, 0.25) is 0 Å². The largest absolute Gasteiger partial charge is 0.222 e. The van der Waals surface area contributed by atoms with Crippen LogP contribution in [0.4, 0.5) is 0 Å². The Morgan fingerprint density at radius 1 is 0.963 bits per heavy atom. The average molecular weight is 374 g/mol. The highest BCUT2D eigenvalue weighted by atomic mass is 32.2. The molecule has 5 aromatic rings. The molecule has 3 aromatic heterocycles. The molecule has 2 aromatic carbocycles. The molecule has 0 aliphatic rings. The second-order valence-electron chi connectivity index (χ2n) is 5.94. The van der Waals surface area contributed by atoms with Crippen molar-refractivity contribution in [3.63, 3.8) is 0 Å². The Balaban J connectivity index is 1.53. The summed E-state index contributed by atoms with van der Waals surface area (Å²) in [5.74, 6) is 2.01. The maximum atomic E-state index is 4.76. The van der Waals surface area contributed by atoms with Crippen molar-refractivity contribution >= 4 is 28.3 Å². The van der Waals surface area contributed by atoms with Gasteiger partial charge in [0.2, 0.25) is 0 Å². The first kappa shape index (κ1) is 15.9. The van der Waals surface area contributed by atoms with E-state index in [0.717, 1.165) is 33.2 Å². The van der Waals surface area contributed by atoms with Crippen LogP contribution in [0.3, 0.4) is 0 Å². The summed E-state index contributed by atoms with van der Waals surface area (Å²) in [7, 11) is 0. The van der Waals surface area contributed by atoms with E-state index in [4.69, 9.17) is 4.98 Å². The number of rotatable bonds is 4. The molecule has 0 unspecified atom stereocenters. The molecule has 9 heteroatoms. The molecule has 0 saturated heterocycles. The van der Waals surface area contributed by atoms with Crippen molar-refractivity contribution in [2.75, 3.05) is 0 Å². The minimum Gasteiger partial charge on any atom is -0.222 e. The number of hydrogen-bond donors (Lipinski definition) is 0. The molecule has 0 saturated carbocycles. The van der Waals surface area contributed by atoms with Gasteiger partial charge in [-0.25, -0.2) is 9.97 Å². The topological polar surface area (TPSA) is 86.7 Å². The summed E-state index contributed by atoms with van der Waals surface area (Å²) in [5.41, 5.74) is 2.62. The standard InChI is InChI=1S/C18H14N8S/c1-12-19-17-14-9-5-6-10-15(14)20-18(26(17)22-12)27-11-16-21-23-24-25(16)13-7-3-2-4-8-13/h2-10H,11H2,1H3. The number of benzene rings is 2. The van der Waals surface area contributed by atoms with Gasteiger partial charge in [-0.05, 0) is 41.6 Å². The van der Waals surface area contributed by atoms with Crippen LogP contribution in [-0.2, 0) is 5.75 Å². The minimum absolute atomic E-state index is 0.557. The second kappa shape index (κ2) is 6.44. The molecule has 0 aliphatic heterocycles. The highest BCUT2D eigenvalue weighted by Gasteiger charge is 2.14. The molecule has 3 heterocycles. The van der Waals surface area contributed by atoms with Crippen molar-refractivity contribution in [2.24, 2.45) is 0 Å². The van der Waals surface area contributed by atoms with Gasteiger partial charge in [0.05, 0.1) is 17.0 Å². The lowest BCUT2D eigenvalue weighted by Crippen LogP contribution is -2.03. The number of aromatic nitrogens is 8. The molecule has 27 heavy (non-hydrogen) atoms. The van der Waals surface area contributed by atoms with Gasteiger partial charge < -0.3 is 0 Å². The van der Waals surface area contributed by atoms with Crippen LogP contribution in [0.5, 0.6) is 0 Å². The van der Waals surface area contributed by atoms with Gasteiger partial charge in [0.15, 0.2) is 16.6 Å². The number of fused-ring (bicyclic) bond motifs is 3. The fraction of sp³-hybridized carbons (Fsp3) is 0.111. The van der Waals surface area contributed by atoms with Crippen molar-refractivity contribution in [3.05, 3.63) is 66.2 Å². The van der Waals surface area contributed by atoms with Gasteiger partial charge in [0.1, 0.15) is 5.82 Å². The van der Waals surface area contributed by atoms with Crippen LogP contribution >= 0.6 is 11.8 Å². The molecule has 132 valence electrons. The molecule has 8 nitrogen and oxygen atoms in total. The summed E-state index contributed by atoms with van der Waals surface area (Å²) in [6.07, 6.45) is 0. The molecule has 5 rings (SSSR count). The fourth-order valence-electron chi connectivity index (χ4n) is 2.92. The van der Waals surface area contributed by atoms with E-state index in [2.05, 4.69) is 25.6 Å². The molecule has 0 radical (unpaired) electrons. The summed E-state index contributed by atoms with van der Waals surface area (Å²) in [5, 5.41) is 18.3. The van der Waals surface area contributed by atoms with Crippen LogP contribution < -0.4 is 0 Å². The number of hydrogen-bond acceptors (Lipinski definition) is 7. The van der Waals surface area contributed by atoms with Gasteiger partial charge in [0.25, 0.3) is 0 Å². The normalized spacial score (nSPS) is 11.4. The lowest BCUT2D eigenvalue weighted by molar-refractivity contribution is 0.775. The van der Waals surface area contributed by atoms with Crippen LogP contribution in [0.1, 0.15) is 11.6 Å². The Morgan fingerprint density at radius 2 is 1.78 bits per heavy atom. The number of nitrogens with zero attached hydrogens (tertiary/aromatic N) is 8. The number of aryl methyl sites for hydroxylation is 1. The summed E-state index contributed by atoms with van der Waals surface area (Å²) >= 11 is 1.53. The SMILES string of the molecule is Cc1nc2c3ccccc3nc(SCc3nnnn3-c3ccccc3)n2n1. The van der Waals surface area contributed by atoms with Crippen molar-refractivity contribution in [3.8, 4) is 5.69 Å². The third-order valence-corrected chi connectivity index (χ3v) is 5.05. The minimum atomic E-state index is 0.557. The highest BCUT2D eigenvalue weighted by Crippen LogP contribution is 2.26. The number of para-hydroxylation sites is 2. The first-order valence-corrected chi connectivity index (χ1v) is 9.36. The molecule has 0 amide bonds. The predicted molar refractivity (Wildman–Crippen MR) is 102 cm³/mol. The smallest absolute Gasteiger partial charge is 0.192 e. The Labute approximate surface area is 158 Å². The van der Waals surface area contributed by atoms with E-state index in [1.54, 1.807) is 9.20 Å². The molecular weight excluding hydrogens is 360 g/mol. The van der Waals surface area contributed by atoms with Gasteiger partial charge in [-0.3, -0.25) is 0 Å². The molecular formula is C18H14N8S. The zero-order chi connectivity index (χ0) is 18.2. The second-order valence-corrected chi connectivity index (χ2v) is 6.88.